The van der Waals surface area contributed by atoms with E-state index in [1.807, 2.05) is 0 Å². The zero-order valence-corrected chi connectivity index (χ0v) is 17.4. The van der Waals surface area contributed by atoms with E-state index in [2.05, 4.69) is 53.1 Å². The van der Waals surface area contributed by atoms with Crippen LogP contribution < -0.4 is 4.74 Å². The molecule has 1 saturated carbocycles. The van der Waals surface area contributed by atoms with Gasteiger partial charge >= 0.3 is 6.36 Å². The molecule has 1 heterocycles. The van der Waals surface area contributed by atoms with Crippen LogP contribution in [0.15, 0.2) is 48.5 Å². The maximum atomic E-state index is 12.3. The van der Waals surface area contributed by atoms with E-state index >= 15 is 0 Å². The molecule has 1 aliphatic carbocycles. The standard InChI is InChI=1S/C24H28F3N2O/c1-16(2)19-8-6-17(7-9-19)13-29-14-22-21(23(22)15-29)12-28-11-18-4-3-5-20(10-18)30-24(25,26)27/h3-10,16,21-23H,11-15H2,1-2H3/q-1. The Hall–Kier alpha value is -2.05. The molecule has 2 aromatic carbocycles. The smallest absolute Gasteiger partial charge is 0.573 e. The highest BCUT2D eigenvalue weighted by molar-refractivity contribution is 5.30. The molecule has 0 aromatic heterocycles. The first-order valence-corrected chi connectivity index (χ1v) is 10.6. The number of hydrogen-bond donors (Lipinski definition) is 0. The minimum absolute atomic E-state index is 0.185. The van der Waals surface area contributed by atoms with Gasteiger partial charge in [0, 0.05) is 19.6 Å². The summed E-state index contributed by atoms with van der Waals surface area (Å²) in [7, 11) is 0. The topological polar surface area (TPSA) is 26.6 Å². The van der Waals surface area contributed by atoms with E-state index in [0.717, 1.165) is 31.7 Å². The summed E-state index contributed by atoms with van der Waals surface area (Å²) in [6, 6.07) is 15.0. The molecule has 2 aromatic rings. The minimum atomic E-state index is -4.66. The summed E-state index contributed by atoms with van der Waals surface area (Å²) in [5, 5.41) is 4.60. The van der Waals surface area contributed by atoms with Crippen molar-refractivity contribution in [1.82, 2.24) is 4.90 Å². The number of fused-ring (bicyclic) bond motifs is 1. The Labute approximate surface area is 176 Å². The Morgan fingerprint density at radius 3 is 2.37 bits per heavy atom. The van der Waals surface area contributed by atoms with Crippen molar-refractivity contribution in [2.24, 2.45) is 17.8 Å². The van der Waals surface area contributed by atoms with Crippen molar-refractivity contribution in [3.63, 3.8) is 0 Å². The quantitative estimate of drug-likeness (QED) is 0.530. The van der Waals surface area contributed by atoms with Gasteiger partial charge in [-0.3, -0.25) is 4.90 Å². The largest absolute Gasteiger partial charge is 0.658 e. The third kappa shape index (κ3) is 5.35. The lowest BCUT2D eigenvalue weighted by molar-refractivity contribution is -0.274. The summed E-state index contributed by atoms with van der Waals surface area (Å²) in [5.41, 5.74) is 3.48. The first kappa shape index (κ1) is 21.2. The van der Waals surface area contributed by atoms with Crippen molar-refractivity contribution in [2.75, 3.05) is 19.6 Å². The van der Waals surface area contributed by atoms with Gasteiger partial charge in [0.05, 0.1) is 0 Å². The zero-order valence-electron chi connectivity index (χ0n) is 17.4. The van der Waals surface area contributed by atoms with Crippen molar-refractivity contribution in [1.29, 1.82) is 0 Å². The van der Waals surface area contributed by atoms with E-state index in [0.29, 0.717) is 30.2 Å². The van der Waals surface area contributed by atoms with Crippen molar-refractivity contribution in [3.05, 3.63) is 70.5 Å². The van der Waals surface area contributed by atoms with Crippen LogP contribution in [-0.2, 0) is 13.1 Å². The van der Waals surface area contributed by atoms with Gasteiger partial charge in [0.15, 0.2) is 0 Å². The molecule has 0 spiro atoms. The normalized spacial score (nSPS) is 23.6. The molecule has 2 aliphatic rings. The Balaban J connectivity index is 1.18. The molecule has 2 fully saturated rings. The second-order valence-corrected chi connectivity index (χ2v) is 8.84. The molecule has 0 bridgehead atoms. The van der Waals surface area contributed by atoms with Crippen LogP contribution >= 0.6 is 0 Å². The van der Waals surface area contributed by atoms with Crippen LogP contribution in [0.5, 0.6) is 5.75 Å². The highest BCUT2D eigenvalue weighted by Crippen LogP contribution is 2.52. The maximum Gasteiger partial charge on any atom is 0.573 e. The number of nitrogens with zero attached hydrogens (tertiary/aromatic N) is 2. The van der Waals surface area contributed by atoms with Crippen LogP contribution in [0, 0.1) is 17.8 Å². The monoisotopic (exact) mass is 417 g/mol. The predicted octanol–water partition coefficient (Wildman–Crippen LogP) is 5.96. The van der Waals surface area contributed by atoms with E-state index < -0.39 is 6.36 Å². The summed E-state index contributed by atoms with van der Waals surface area (Å²) in [5.74, 6) is 2.42. The summed E-state index contributed by atoms with van der Waals surface area (Å²) < 4.78 is 41.0. The number of rotatable bonds is 8. The second-order valence-electron chi connectivity index (χ2n) is 8.84. The van der Waals surface area contributed by atoms with E-state index in [1.54, 1.807) is 12.1 Å². The summed E-state index contributed by atoms with van der Waals surface area (Å²) in [4.78, 5) is 2.52. The summed E-state index contributed by atoms with van der Waals surface area (Å²) >= 11 is 0. The molecule has 0 N–H and O–H groups in total. The van der Waals surface area contributed by atoms with Crippen LogP contribution in [0.25, 0.3) is 5.32 Å². The van der Waals surface area contributed by atoms with Crippen LogP contribution in [0.4, 0.5) is 13.2 Å². The molecule has 0 radical (unpaired) electrons. The highest BCUT2D eigenvalue weighted by atomic mass is 19.4. The van der Waals surface area contributed by atoms with Gasteiger partial charge in [-0.05, 0) is 41.0 Å². The lowest BCUT2D eigenvalue weighted by Gasteiger charge is -2.24. The van der Waals surface area contributed by atoms with Crippen LogP contribution in [0.1, 0.15) is 36.5 Å². The molecule has 3 nitrogen and oxygen atoms in total. The van der Waals surface area contributed by atoms with Gasteiger partial charge in [0.1, 0.15) is 5.75 Å². The lowest BCUT2D eigenvalue weighted by Crippen LogP contribution is -2.24. The molecule has 1 saturated heterocycles. The van der Waals surface area contributed by atoms with Gasteiger partial charge in [0.25, 0.3) is 0 Å². The summed E-state index contributed by atoms with van der Waals surface area (Å²) in [6.45, 7) is 8.87. The predicted molar refractivity (Wildman–Crippen MR) is 111 cm³/mol. The Morgan fingerprint density at radius 1 is 1.03 bits per heavy atom. The Bertz CT molecular complexity index is 838. The van der Waals surface area contributed by atoms with Gasteiger partial charge in [-0.2, -0.15) is 0 Å². The average Bonchev–Trinajstić information content (AvgIpc) is 3.12. The Kier molecular flexibility index (Phi) is 6.07. The van der Waals surface area contributed by atoms with Crippen LogP contribution in [0.3, 0.4) is 0 Å². The molecule has 6 heteroatoms. The fraction of sp³-hybridized carbons (Fsp3) is 0.500. The van der Waals surface area contributed by atoms with E-state index in [1.165, 1.54) is 23.3 Å². The summed E-state index contributed by atoms with van der Waals surface area (Å²) in [6.07, 6.45) is -4.66. The minimum Gasteiger partial charge on any atom is -0.658 e. The van der Waals surface area contributed by atoms with Gasteiger partial charge in [-0.25, -0.2) is 0 Å². The van der Waals surface area contributed by atoms with Crippen LogP contribution in [0.2, 0.25) is 0 Å². The lowest BCUT2D eigenvalue weighted by atomic mass is 10.0. The first-order valence-electron chi connectivity index (χ1n) is 10.6. The molecule has 1 aliphatic heterocycles. The number of halogens is 3. The van der Waals surface area contributed by atoms with Gasteiger partial charge in [0.2, 0.25) is 0 Å². The molecule has 2 unspecified atom stereocenters. The van der Waals surface area contributed by atoms with Gasteiger partial charge in [-0.15, -0.1) is 26.3 Å². The highest BCUT2D eigenvalue weighted by Gasteiger charge is 2.52. The van der Waals surface area contributed by atoms with Crippen LogP contribution in [-0.4, -0.2) is 30.9 Å². The van der Waals surface area contributed by atoms with Gasteiger partial charge < -0.3 is 10.1 Å². The molecule has 30 heavy (non-hydrogen) atoms. The van der Waals surface area contributed by atoms with Crippen molar-refractivity contribution >= 4 is 0 Å². The molecular formula is C24H28F3N2O-. The SMILES string of the molecule is CC(C)c1ccc(CN2CC3C(C[N-]Cc4cccc(OC(F)(F)F)c4)C3C2)cc1. The van der Waals surface area contributed by atoms with Gasteiger partial charge in [-0.1, -0.05) is 61.7 Å². The average molecular weight is 417 g/mol. The zero-order chi connectivity index (χ0) is 21.3. The fourth-order valence-corrected chi connectivity index (χ4v) is 4.59. The maximum absolute atomic E-state index is 12.3. The third-order valence-corrected chi connectivity index (χ3v) is 6.27. The van der Waals surface area contributed by atoms with Crippen molar-refractivity contribution in [3.8, 4) is 5.75 Å². The van der Waals surface area contributed by atoms with Crippen molar-refractivity contribution in [2.45, 2.75) is 39.2 Å². The third-order valence-electron chi connectivity index (χ3n) is 6.27. The number of hydrogen-bond acceptors (Lipinski definition) is 2. The molecule has 2 atom stereocenters. The first-order chi connectivity index (χ1) is 14.3. The fourth-order valence-electron chi connectivity index (χ4n) is 4.59. The molecule has 162 valence electrons. The number of ether oxygens (including phenoxy) is 1. The number of benzene rings is 2. The molecule has 4 rings (SSSR count). The van der Waals surface area contributed by atoms with Crippen molar-refractivity contribution < 1.29 is 17.9 Å². The number of piperidine rings is 1. The number of alkyl halides is 3. The molecular weight excluding hydrogens is 389 g/mol. The second kappa shape index (κ2) is 8.60. The van der Waals surface area contributed by atoms with E-state index in [4.69, 9.17) is 0 Å². The number of likely N-dealkylation sites (tertiary alicyclic amines) is 1. The molecule has 0 amide bonds. The van der Waals surface area contributed by atoms with E-state index in [9.17, 15) is 13.2 Å². The Morgan fingerprint density at radius 2 is 1.73 bits per heavy atom. The van der Waals surface area contributed by atoms with E-state index in [-0.39, 0.29) is 5.75 Å².